The van der Waals surface area contributed by atoms with Crippen molar-refractivity contribution in [2.24, 2.45) is 0 Å². The van der Waals surface area contributed by atoms with Crippen LogP contribution in [0.3, 0.4) is 0 Å². The molecule has 0 heterocycles. The Morgan fingerprint density at radius 3 is 1.71 bits per heavy atom. The highest BCUT2D eigenvalue weighted by Crippen LogP contribution is 2.43. The maximum absolute atomic E-state index is 12.3. The van der Waals surface area contributed by atoms with E-state index in [0.717, 1.165) is 0 Å². The molecule has 0 saturated carbocycles. The molecule has 0 atom stereocenters. The molecule has 14 heavy (non-hydrogen) atoms. The molecule has 0 bridgehead atoms. The predicted octanol–water partition coefficient (Wildman–Crippen LogP) is 1.46. The van der Waals surface area contributed by atoms with E-state index in [1.807, 2.05) is 0 Å². The fraction of sp³-hybridized carbons (Fsp3) is 1.00. The van der Waals surface area contributed by atoms with Gasteiger partial charge in [0.25, 0.3) is 0 Å². The highest BCUT2D eigenvalue weighted by Gasteiger charge is 2.71. The Morgan fingerprint density at radius 1 is 1.14 bits per heavy atom. The lowest BCUT2D eigenvalue weighted by molar-refractivity contribution is -0.227. The summed E-state index contributed by atoms with van der Waals surface area (Å²) in [6.07, 6.45) is -4.82. The van der Waals surface area contributed by atoms with Gasteiger partial charge in [-0.05, 0) is 0 Å². The molecular formula is C4H4F6O3S. The minimum atomic E-state index is -6.06. The van der Waals surface area contributed by atoms with Gasteiger partial charge in [-0.15, -0.1) is 0 Å². The first-order valence-electron chi connectivity index (χ1n) is 2.84. The molecule has 0 aromatic carbocycles. The molecule has 0 aliphatic heterocycles. The lowest BCUT2D eigenvalue weighted by Gasteiger charge is -2.23. The molecule has 10 heteroatoms. The van der Waals surface area contributed by atoms with Crippen LogP contribution in [-0.2, 0) is 14.3 Å². The van der Waals surface area contributed by atoms with Gasteiger partial charge in [0.05, 0.1) is 7.11 Å². The Morgan fingerprint density at radius 2 is 1.50 bits per heavy atom. The van der Waals surface area contributed by atoms with E-state index in [4.69, 9.17) is 0 Å². The van der Waals surface area contributed by atoms with Gasteiger partial charge in [-0.2, -0.15) is 26.0 Å². The largest absolute Gasteiger partial charge is 0.437 e. The second kappa shape index (κ2) is 3.57. The van der Waals surface area contributed by atoms with Crippen molar-refractivity contribution >= 4 is 10.1 Å². The maximum atomic E-state index is 12.3. The predicted molar refractivity (Wildman–Crippen MR) is 31.8 cm³/mol. The van der Waals surface area contributed by atoms with E-state index in [9.17, 15) is 34.8 Å². The lowest BCUT2D eigenvalue weighted by atomic mass is 10.4. The summed E-state index contributed by atoms with van der Waals surface area (Å²) in [6, 6.07) is 0. The molecule has 0 amide bonds. The minimum Gasteiger partial charge on any atom is -0.269 e. The molecule has 0 unspecified atom stereocenters. The molecule has 0 rings (SSSR count). The summed E-state index contributed by atoms with van der Waals surface area (Å²) in [6.45, 7) is 0. The van der Waals surface area contributed by atoms with Crippen molar-refractivity contribution < 1.29 is 38.9 Å². The van der Waals surface area contributed by atoms with E-state index in [1.54, 1.807) is 0 Å². The highest BCUT2D eigenvalue weighted by molar-refractivity contribution is 7.87. The maximum Gasteiger partial charge on any atom is 0.437 e. The zero-order chi connectivity index (χ0) is 11.8. The van der Waals surface area contributed by atoms with Crippen molar-refractivity contribution in [3.8, 4) is 0 Å². The quantitative estimate of drug-likeness (QED) is 0.557. The van der Waals surface area contributed by atoms with Crippen LogP contribution in [0.4, 0.5) is 26.3 Å². The Labute approximate surface area is 74.8 Å². The molecule has 0 aromatic heterocycles. The van der Waals surface area contributed by atoms with E-state index in [2.05, 4.69) is 4.18 Å². The number of hydrogen-bond donors (Lipinski definition) is 0. The van der Waals surface area contributed by atoms with Crippen LogP contribution < -0.4 is 0 Å². The van der Waals surface area contributed by atoms with Gasteiger partial charge >= 0.3 is 27.7 Å². The summed E-state index contributed by atoms with van der Waals surface area (Å²) < 4.78 is 94.9. The third-order valence-corrected chi connectivity index (χ3v) is 2.53. The molecule has 0 spiro atoms. The first-order valence-corrected chi connectivity index (χ1v) is 4.25. The fourth-order valence-corrected chi connectivity index (χ4v) is 1.03. The van der Waals surface area contributed by atoms with Crippen LogP contribution in [0.1, 0.15) is 0 Å². The van der Waals surface area contributed by atoms with Crippen LogP contribution in [0.15, 0.2) is 0 Å². The molecule has 0 fully saturated rings. The normalized spacial score (nSPS) is 14.9. The Bertz CT molecular complexity index is 296. The van der Waals surface area contributed by atoms with Crippen molar-refractivity contribution in [3.05, 3.63) is 0 Å². The Hall–Kier alpha value is -0.510. The van der Waals surface area contributed by atoms with E-state index >= 15 is 0 Å². The number of hydrogen-bond acceptors (Lipinski definition) is 3. The molecule has 0 saturated heterocycles. The smallest absolute Gasteiger partial charge is 0.269 e. The monoisotopic (exact) mass is 246 g/mol. The van der Waals surface area contributed by atoms with E-state index < -0.39 is 27.7 Å². The summed E-state index contributed by atoms with van der Waals surface area (Å²) in [5.74, 6) is -6.00. The third kappa shape index (κ3) is 1.80. The van der Waals surface area contributed by atoms with Crippen LogP contribution >= 0.6 is 0 Å². The van der Waals surface area contributed by atoms with E-state index in [0.29, 0.717) is 0 Å². The molecule has 0 aromatic rings. The van der Waals surface area contributed by atoms with Crippen LogP contribution in [-0.4, -0.2) is 33.1 Å². The molecule has 86 valence electrons. The SMILES string of the molecule is COS(=O)(=O)C(F)(F)C(F)(F)C(F)F. The number of halogens is 6. The standard InChI is InChI=1S/C4H4F6O3S/c1-13-14(11,12)4(9,10)3(7,8)2(5)6/h2H,1H3. The van der Waals surface area contributed by atoms with Gasteiger partial charge in [0.1, 0.15) is 0 Å². The van der Waals surface area contributed by atoms with Gasteiger partial charge in [-0.1, -0.05) is 0 Å². The minimum absolute atomic E-state index is 0.158. The van der Waals surface area contributed by atoms with Gasteiger partial charge in [0, 0.05) is 0 Å². The first-order chi connectivity index (χ1) is 6.00. The van der Waals surface area contributed by atoms with Crippen LogP contribution in [0.2, 0.25) is 0 Å². The summed E-state index contributed by atoms with van der Waals surface area (Å²) in [5.41, 5.74) is 0. The van der Waals surface area contributed by atoms with E-state index in [1.165, 1.54) is 0 Å². The molecule has 0 aliphatic carbocycles. The van der Waals surface area contributed by atoms with Gasteiger partial charge in [0.2, 0.25) is 0 Å². The molecule has 3 nitrogen and oxygen atoms in total. The second-order valence-electron chi connectivity index (χ2n) is 2.06. The van der Waals surface area contributed by atoms with Crippen LogP contribution in [0, 0.1) is 0 Å². The fourth-order valence-electron chi connectivity index (χ4n) is 0.398. The van der Waals surface area contributed by atoms with Crippen molar-refractivity contribution in [3.63, 3.8) is 0 Å². The van der Waals surface area contributed by atoms with Crippen LogP contribution in [0.25, 0.3) is 0 Å². The Kier molecular flexibility index (Phi) is 3.44. The van der Waals surface area contributed by atoms with Gasteiger partial charge < -0.3 is 0 Å². The zero-order valence-corrected chi connectivity index (χ0v) is 7.29. The molecular weight excluding hydrogens is 242 g/mol. The third-order valence-electron chi connectivity index (χ3n) is 1.20. The van der Waals surface area contributed by atoms with Gasteiger partial charge in [0.15, 0.2) is 0 Å². The highest BCUT2D eigenvalue weighted by atomic mass is 32.2. The van der Waals surface area contributed by atoms with Crippen molar-refractivity contribution in [1.29, 1.82) is 0 Å². The summed E-state index contributed by atoms with van der Waals surface area (Å²) in [5, 5.41) is -5.97. The summed E-state index contributed by atoms with van der Waals surface area (Å²) in [7, 11) is -5.91. The average Bonchev–Trinajstić information content (AvgIpc) is 2.03. The molecule has 0 radical (unpaired) electrons. The van der Waals surface area contributed by atoms with Crippen molar-refractivity contribution in [2.75, 3.05) is 7.11 Å². The molecule has 0 N–H and O–H groups in total. The lowest BCUT2D eigenvalue weighted by Crippen LogP contribution is -2.51. The Balaban J connectivity index is 5.37. The summed E-state index contributed by atoms with van der Waals surface area (Å²) >= 11 is 0. The van der Waals surface area contributed by atoms with Crippen molar-refractivity contribution in [1.82, 2.24) is 0 Å². The number of alkyl halides is 6. The number of rotatable bonds is 4. The molecule has 0 aliphatic rings. The summed E-state index contributed by atoms with van der Waals surface area (Å²) in [4.78, 5) is 0. The van der Waals surface area contributed by atoms with E-state index in [-0.39, 0.29) is 7.11 Å². The first kappa shape index (κ1) is 13.5. The second-order valence-corrected chi connectivity index (χ2v) is 3.82. The zero-order valence-electron chi connectivity index (χ0n) is 6.48. The van der Waals surface area contributed by atoms with Gasteiger partial charge in [-0.25, -0.2) is 8.78 Å². The van der Waals surface area contributed by atoms with Crippen molar-refractivity contribution in [2.45, 2.75) is 17.6 Å². The van der Waals surface area contributed by atoms with Crippen LogP contribution in [0.5, 0.6) is 0 Å². The topological polar surface area (TPSA) is 43.4 Å². The van der Waals surface area contributed by atoms with Gasteiger partial charge in [-0.3, -0.25) is 4.18 Å². The average molecular weight is 246 g/mol.